The molecule has 116 valence electrons. The zero-order valence-corrected chi connectivity index (χ0v) is 13.4. The molecule has 0 radical (unpaired) electrons. The Morgan fingerprint density at radius 2 is 2.00 bits per heavy atom. The number of hydrogen-bond donors (Lipinski definition) is 1. The number of nitrogens with zero attached hydrogens (tertiary/aromatic N) is 1. The molecular weight excluding hydrogens is 260 g/mol. The van der Waals surface area contributed by atoms with Crippen LogP contribution in [0.5, 0.6) is 0 Å². The van der Waals surface area contributed by atoms with E-state index in [-0.39, 0.29) is 5.60 Å². The first kappa shape index (κ1) is 14.7. The molecule has 3 nitrogen and oxygen atoms in total. The first-order valence-electron chi connectivity index (χ1n) is 8.36. The average molecular weight is 288 g/mol. The Labute approximate surface area is 128 Å². The smallest absolute Gasteiger partial charge is 0.0756 e. The first-order chi connectivity index (χ1) is 10.2. The van der Waals surface area contributed by atoms with Crippen LogP contribution in [0.15, 0.2) is 24.3 Å². The predicted octanol–water partition coefficient (Wildman–Crippen LogP) is 4.05. The van der Waals surface area contributed by atoms with E-state index in [1.165, 1.54) is 56.3 Å². The monoisotopic (exact) mass is 288 g/mol. The van der Waals surface area contributed by atoms with Gasteiger partial charge in [0, 0.05) is 32.0 Å². The number of rotatable bonds is 4. The van der Waals surface area contributed by atoms with Gasteiger partial charge in [0.1, 0.15) is 0 Å². The molecule has 1 heterocycles. The van der Waals surface area contributed by atoms with Crippen LogP contribution in [-0.2, 0) is 4.74 Å². The van der Waals surface area contributed by atoms with E-state index in [1.807, 2.05) is 0 Å². The van der Waals surface area contributed by atoms with Crippen molar-refractivity contribution >= 4 is 11.4 Å². The van der Waals surface area contributed by atoms with E-state index in [9.17, 15) is 0 Å². The first-order valence-corrected chi connectivity index (χ1v) is 8.36. The largest absolute Gasteiger partial charge is 0.382 e. The molecule has 0 aromatic heterocycles. The van der Waals surface area contributed by atoms with Gasteiger partial charge in [-0.05, 0) is 43.9 Å². The third kappa shape index (κ3) is 3.52. The van der Waals surface area contributed by atoms with Crippen LogP contribution in [0.3, 0.4) is 0 Å². The van der Waals surface area contributed by atoms with Crippen molar-refractivity contribution in [2.45, 2.75) is 56.7 Å². The summed E-state index contributed by atoms with van der Waals surface area (Å²) in [6.45, 7) is 0.929. The van der Waals surface area contributed by atoms with E-state index in [4.69, 9.17) is 4.74 Å². The standard InChI is InChI=1S/C18H28N2O/c1-20(2)16-8-6-7-15(13-16)19-14-17-9-12-18(21-17)10-4-3-5-11-18/h6-8,13,17,19H,3-5,9-12,14H2,1-2H3. The van der Waals surface area contributed by atoms with Crippen LogP contribution in [0.1, 0.15) is 44.9 Å². The highest BCUT2D eigenvalue weighted by molar-refractivity contribution is 5.57. The van der Waals surface area contributed by atoms with Gasteiger partial charge in [-0.2, -0.15) is 0 Å². The lowest BCUT2D eigenvalue weighted by molar-refractivity contribution is -0.0588. The zero-order valence-electron chi connectivity index (χ0n) is 13.4. The molecule has 2 aliphatic rings. The SMILES string of the molecule is CN(C)c1cccc(NCC2CCC3(CCCCC3)O2)c1. The third-order valence-electron chi connectivity index (χ3n) is 5.00. The van der Waals surface area contributed by atoms with Crippen molar-refractivity contribution in [3.05, 3.63) is 24.3 Å². The van der Waals surface area contributed by atoms with Crippen LogP contribution in [0.4, 0.5) is 11.4 Å². The Bertz CT molecular complexity index is 466. The summed E-state index contributed by atoms with van der Waals surface area (Å²) in [7, 11) is 4.15. The molecule has 1 aliphatic carbocycles. The summed E-state index contributed by atoms with van der Waals surface area (Å²) in [5.41, 5.74) is 2.65. The van der Waals surface area contributed by atoms with Crippen LogP contribution in [0, 0.1) is 0 Å². The maximum atomic E-state index is 6.42. The van der Waals surface area contributed by atoms with Gasteiger partial charge in [-0.15, -0.1) is 0 Å². The summed E-state index contributed by atoms with van der Waals surface area (Å²) in [5.74, 6) is 0. The third-order valence-corrected chi connectivity index (χ3v) is 5.00. The van der Waals surface area contributed by atoms with E-state index < -0.39 is 0 Å². The number of anilines is 2. The molecule has 3 heteroatoms. The molecule has 1 N–H and O–H groups in total. The molecule has 3 rings (SSSR count). The minimum Gasteiger partial charge on any atom is -0.382 e. The Kier molecular flexibility index (Phi) is 4.39. The molecule has 0 bridgehead atoms. The number of benzene rings is 1. The minimum atomic E-state index is 0.232. The lowest BCUT2D eigenvalue weighted by Gasteiger charge is -2.33. The van der Waals surface area contributed by atoms with Crippen LogP contribution in [-0.4, -0.2) is 32.3 Å². The quantitative estimate of drug-likeness (QED) is 0.904. The van der Waals surface area contributed by atoms with Gasteiger partial charge in [0.15, 0.2) is 0 Å². The Balaban J connectivity index is 1.53. The summed E-state index contributed by atoms with van der Waals surface area (Å²) < 4.78 is 6.42. The number of ether oxygens (including phenoxy) is 1. The van der Waals surface area contributed by atoms with Gasteiger partial charge in [-0.3, -0.25) is 0 Å². The van der Waals surface area contributed by atoms with E-state index in [0.29, 0.717) is 6.10 Å². The second-order valence-corrected chi connectivity index (χ2v) is 6.85. The summed E-state index contributed by atoms with van der Waals surface area (Å²) in [6, 6.07) is 8.58. The molecule has 1 saturated heterocycles. The molecule has 0 amide bonds. The van der Waals surface area contributed by atoms with Crippen LogP contribution in [0.25, 0.3) is 0 Å². The maximum Gasteiger partial charge on any atom is 0.0756 e. The van der Waals surface area contributed by atoms with Gasteiger partial charge in [0.05, 0.1) is 11.7 Å². The molecule has 1 atom stereocenters. The van der Waals surface area contributed by atoms with Crippen molar-refractivity contribution in [3.8, 4) is 0 Å². The second-order valence-electron chi connectivity index (χ2n) is 6.85. The van der Waals surface area contributed by atoms with Crippen molar-refractivity contribution in [1.29, 1.82) is 0 Å². The van der Waals surface area contributed by atoms with Crippen molar-refractivity contribution in [3.63, 3.8) is 0 Å². The van der Waals surface area contributed by atoms with Gasteiger partial charge < -0.3 is 15.0 Å². The maximum absolute atomic E-state index is 6.42. The number of hydrogen-bond acceptors (Lipinski definition) is 3. The highest BCUT2D eigenvalue weighted by Crippen LogP contribution is 2.41. The van der Waals surface area contributed by atoms with Gasteiger partial charge in [0.2, 0.25) is 0 Å². The summed E-state index contributed by atoms with van der Waals surface area (Å²) in [5, 5.41) is 3.55. The van der Waals surface area contributed by atoms with Gasteiger partial charge in [-0.1, -0.05) is 25.3 Å². The molecule has 1 aromatic carbocycles. The lowest BCUT2D eigenvalue weighted by Crippen LogP contribution is -2.33. The van der Waals surface area contributed by atoms with Gasteiger partial charge >= 0.3 is 0 Å². The van der Waals surface area contributed by atoms with Crippen molar-refractivity contribution in [2.24, 2.45) is 0 Å². The fourth-order valence-corrected chi connectivity index (χ4v) is 3.73. The lowest BCUT2D eigenvalue weighted by atomic mass is 9.83. The van der Waals surface area contributed by atoms with E-state index in [1.54, 1.807) is 0 Å². The predicted molar refractivity (Wildman–Crippen MR) is 89.2 cm³/mol. The summed E-state index contributed by atoms with van der Waals surface area (Å²) >= 11 is 0. The normalized spacial score (nSPS) is 24.2. The number of nitrogens with one attached hydrogen (secondary N) is 1. The Morgan fingerprint density at radius 1 is 1.19 bits per heavy atom. The summed E-state index contributed by atoms with van der Waals surface area (Å²) in [6.07, 6.45) is 9.50. The molecule has 1 aromatic rings. The Hall–Kier alpha value is -1.22. The molecule has 1 spiro atoms. The van der Waals surface area contributed by atoms with Gasteiger partial charge in [0.25, 0.3) is 0 Å². The fourth-order valence-electron chi connectivity index (χ4n) is 3.73. The zero-order chi connectivity index (χ0) is 14.7. The molecule has 21 heavy (non-hydrogen) atoms. The summed E-state index contributed by atoms with van der Waals surface area (Å²) in [4.78, 5) is 2.13. The molecule has 1 aliphatic heterocycles. The average Bonchev–Trinajstić information content (AvgIpc) is 2.89. The molecule has 1 saturated carbocycles. The van der Waals surface area contributed by atoms with Crippen molar-refractivity contribution < 1.29 is 4.74 Å². The molecule has 2 fully saturated rings. The molecular formula is C18H28N2O. The van der Waals surface area contributed by atoms with Gasteiger partial charge in [-0.25, -0.2) is 0 Å². The van der Waals surface area contributed by atoms with E-state index >= 15 is 0 Å². The molecule has 1 unspecified atom stereocenters. The van der Waals surface area contributed by atoms with E-state index in [2.05, 4.69) is 48.6 Å². The topological polar surface area (TPSA) is 24.5 Å². The Morgan fingerprint density at radius 3 is 2.76 bits per heavy atom. The van der Waals surface area contributed by atoms with Crippen molar-refractivity contribution in [1.82, 2.24) is 0 Å². The second kappa shape index (κ2) is 6.27. The van der Waals surface area contributed by atoms with Crippen LogP contribution < -0.4 is 10.2 Å². The minimum absolute atomic E-state index is 0.232. The van der Waals surface area contributed by atoms with Crippen LogP contribution in [0.2, 0.25) is 0 Å². The highest BCUT2D eigenvalue weighted by atomic mass is 16.5. The highest BCUT2D eigenvalue weighted by Gasteiger charge is 2.40. The fraction of sp³-hybridized carbons (Fsp3) is 0.667. The van der Waals surface area contributed by atoms with Crippen molar-refractivity contribution in [2.75, 3.05) is 30.9 Å². The van der Waals surface area contributed by atoms with E-state index in [0.717, 1.165) is 6.54 Å². The van der Waals surface area contributed by atoms with Crippen LogP contribution >= 0.6 is 0 Å².